The predicted molar refractivity (Wildman–Crippen MR) is 137 cm³/mol. The normalized spacial score (nSPS) is 18.4. The monoisotopic (exact) mass is 506 g/mol. The maximum atomic E-state index is 13.4. The predicted octanol–water partition coefficient (Wildman–Crippen LogP) is 5.50. The number of aryl methyl sites for hydroxylation is 1. The molecule has 1 atom stereocenters. The number of halogens is 1. The first kappa shape index (κ1) is 24.5. The Bertz CT molecular complexity index is 1260. The zero-order valence-electron chi connectivity index (χ0n) is 20.0. The highest BCUT2D eigenvalue weighted by Crippen LogP contribution is 2.43. The highest BCUT2D eigenvalue weighted by molar-refractivity contribution is 8.00. The van der Waals surface area contributed by atoms with Crippen molar-refractivity contribution in [2.24, 2.45) is 5.92 Å². The number of aromatic nitrogens is 1. The van der Waals surface area contributed by atoms with E-state index in [4.69, 9.17) is 9.47 Å². The van der Waals surface area contributed by atoms with Crippen LogP contribution >= 0.6 is 11.8 Å². The summed E-state index contributed by atoms with van der Waals surface area (Å²) in [5.74, 6) is 0.471. The molecule has 2 aromatic carbocycles. The van der Waals surface area contributed by atoms with E-state index in [9.17, 15) is 14.0 Å². The molecule has 5 rings (SSSR count). The van der Waals surface area contributed by atoms with Gasteiger partial charge in [0.05, 0.1) is 17.5 Å². The largest absolute Gasteiger partial charge is 0.421 e. The van der Waals surface area contributed by atoms with Gasteiger partial charge in [0.1, 0.15) is 16.9 Å². The maximum Gasteiger partial charge on any atom is 0.343 e. The van der Waals surface area contributed by atoms with E-state index in [2.05, 4.69) is 4.98 Å². The van der Waals surface area contributed by atoms with E-state index in [1.54, 1.807) is 41.4 Å². The lowest BCUT2D eigenvalue weighted by Crippen LogP contribution is -2.28. The van der Waals surface area contributed by atoms with Gasteiger partial charge < -0.3 is 9.47 Å². The lowest BCUT2D eigenvalue weighted by atomic mass is 9.93. The lowest BCUT2D eigenvalue weighted by Gasteiger charge is -2.26. The fourth-order valence-corrected chi connectivity index (χ4v) is 5.86. The molecule has 186 valence electrons. The summed E-state index contributed by atoms with van der Waals surface area (Å²) in [4.78, 5) is 31.6. The van der Waals surface area contributed by atoms with Crippen LogP contribution in [0.25, 0.3) is 0 Å². The highest BCUT2D eigenvalue weighted by Gasteiger charge is 2.35. The summed E-state index contributed by atoms with van der Waals surface area (Å²) in [5, 5.41) is -0.251. The second-order valence-corrected chi connectivity index (χ2v) is 10.2. The molecule has 0 N–H and O–H groups in total. The van der Waals surface area contributed by atoms with Crippen molar-refractivity contribution in [2.45, 2.75) is 31.6 Å². The molecule has 0 aliphatic carbocycles. The SMILES string of the molecule is Cc1cc(C(=O)Oc2cncc(CC3CCOCC3)c2)ccc1N1C(=O)CSC1c1ccc(F)cc1. The highest BCUT2D eigenvalue weighted by atomic mass is 32.2. The number of thioether (sulfide) groups is 1. The molecule has 36 heavy (non-hydrogen) atoms. The number of hydrogen-bond donors (Lipinski definition) is 0. The van der Waals surface area contributed by atoms with Crippen LogP contribution in [0.2, 0.25) is 0 Å². The zero-order valence-corrected chi connectivity index (χ0v) is 20.8. The van der Waals surface area contributed by atoms with E-state index in [0.29, 0.717) is 23.0 Å². The van der Waals surface area contributed by atoms with Crippen LogP contribution in [0.5, 0.6) is 5.75 Å². The van der Waals surface area contributed by atoms with Crippen LogP contribution in [0, 0.1) is 18.7 Å². The van der Waals surface area contributed by atoms with Crippen LogP contribution in [-0.2, 0) is 16.0 Å². The van der Waals surface area contributed by atoms with E-state index in [1.807, 2.05) is 19.2 Å². The Kier molecular flexibility index (Phi) is 7.34. The van der Waals surface area contributed by atoms with Crippen molar-refractivity contribution >= 4 is 29.3 Å². The number of hydrogen-bond acceptors (Lipinski definition) is 6. The van der Waals surface area contributed by atoms with E-state index in [-0.39, 0.29) is 17.1 Å². The zero-order chi connectivity index (χ0) is 25.1. The molecule has 0 bridgehead atoms. The Morgan fingerprint density at radius 1 is 1.14 bits per heavy atom. The molecule has 8 heteroatoms. The summed E-state index contributed by atoms with van der Waals surface area (Å²) >= 11 is 1.50. The molecule has 0 saturated carbocycles. The van der Waals surface area contributed by atoms with Gasteiger partial charge in [-0.2, -0.15) is 0 Å². The summed E-state index contributed by atoms with van der Waals surface area (Å²) in [6.07, 6.45) is 6.28. The number of rotatable bonds is 6. The molecular weight excluding hydrogens is 479 g/mol. The van der Waals surface area contributed by atoms with Crippen LogP contribution in [0.4, 0.5) is 10.1 Å². The minimum absolute atomic E-state index is 0.0276. The van der Waals surface area contributed by atoms with Gasteiger partial charge in [-0.1, -0.05) is 12.1 Å². The molecule has 2 fully saturated rings. The summed E-state index contributed by atoms with van der Waals surface area (Å²) in [6.45, 7) is 3.43. The average Bonchev–Trinajstić information content (AvgIpc) is 3.26. The second kappa shape index (κ2) is 10.8. The number of nitrogens with zero attached hydrogens (tertiary/aromatic N) is 2. The molecule has 3 aromatic rings. The Hall–Kier alpha value is -3.23. The first-order valence-electron chi connectivity index (χ1n) is 12.0. The number of amides is 1. The van der Waals surface area contributed by atoms with E-state index < -0.39 is 5.97 Å². The van der Waals surface area contributed by atoms with Crippen molar-refractivity contribution in [1.82, 2.24) is 4.98 Å². The standard InChI is InChI=1S/C28H27FN2O4S/c1-18-12-22(28(33)35-24-14-20(15-30-16-24)13-19-8-10-34-11-9-19)4-7-25(18)31-26(32)17-36-27(31)21-2-5-23(29)6-3-21/h2-7,12,14-16,19,27H,8-11,13,17H2,1H3. The third kappa shape index (κ3) is 5.44. The van der Waals surface area contributed by atoms with Gasteiger partial charge in [-0.3, -0.25) is 14.7 Å². The lowest BCUT2D eigenvalue weighted by molar-refractivity contribution is -0.115. The maximum absolute atomic E-state index is 13.4. The van der Waals surface area contributed by atoms with Gasteiger partial charge in [0, 0.05) is 25.1 Å². The minimum Gasteiger partial charge on any atom is -0.421 e. The minimum atomic E-state index is -0.480. The van der Waals surface area contributed by atoms with Gasteiger partial charge in [0.2, 0.25) is 5.91 Å². The Morgan fingerprint density at radius 3 is 2.67 bits per heavy atom. The first-order valence-corrected chi connectivity index (χ1v) is 13.1. The van der Waals surface area contributed by atoms with Crippen LogP contribution in [0.3, 0.4) is 0 Å². The van der Waals surface area contributed by atoms with Crippen molar-refractivity contribution in [3.8, 4) is 5.75 Å². The topological polar surface area (TPSA) is 68.7 Å². The molecule has 0 radical (unpaired) electrons. The number of pyridine rings is 1. The van der Waals surface area contributed by atoms with Gasteiger partial charge in [-0.25, -0.2) is 9.18 Å². The number of ether oxygens (including phenoxy) is 2. The van der Waals surface area contributed by atoms with E-state index in [0.717, 1.165) is 54.9 Å². The summed E-state index contributed by atoms with van der Waals surface area (Å²) in [7, 11) is 0. The second-order valence-electron chi connectivity index (χ2n) is 9.16. The van der Waals surface area contributed by atoms with Crippen molar-refractivity contribution in [1.29, 1.82) is 0 Å². The average molecular weight is 507 g/mol. The van der Waals surface area contributed by atoms with Crippen molar-refractivity contribution in [3.63, 3.8) is 0 Å². The number of anilines is 1. The van der Waals surface area contributed by atoms with Crippen molar-refractivity contribution in [3.05, 3.63) is 89.0 Å². The third-order valence-electron chi connectivity index (χ3n) is 6.56. The molecule has 2 aliphatic rings. The van der Waals surface area contributed by atoms with Crippen molar-refractivity contribution < 1.29 is 23.5 Å². The molecule has 2 saturated heterocycles. The summed E-state index contributed by atoms with van der Waals surface area (Å²) in [6, 6.07) is 13.2. The van der Waals surface area contributed by atoms with Gasteiger partial charge in [0.25, 0.3) is 0 Å². The van der Waals surface area contributed by atoms with Gasteiger partial charge in [0.15, 0.2) is 0 Å². The quantitative estimate of drug-likeness (QED) is 0.412. The number of benzene rings is 2. The number of carbonyl (C=O) groups excluding carboxylic acids is 2. The summed E-state index contributed by atoms with van der Waals surface area (Å²) < 4.78 is 24.5. The van der Waals surface area contributed by atoms with E-state index >= 15 is 0 Å². The molecule has 0 spiro atoms. The smallest absolute Gasteiger partial charge is 0.343 e. The van der Waals surface area contributed by atoms with Crippen LogP contribution in [0.1, 0.15) is 45.3 Å². The molecule has 2 aliphatic heterocycles. The number of carbonyl (C=O) groups is 2. The van der Waals surface area contributed by atoms with Crippen LogP contribution < -0.4 is 9.64 Å². The van der Waals surface area contributed by atoms with E-state index in [1.165, 1.54) is 23.9 Å². The Balaban J connectivity index is 1.30. The molecule has 1 amide bonds. The first-order chi connectivity index (χ1) is 17.5. The summed E-state index contributed by atoms with van der Waals surface area (Å²) in [5.41, 5.74) is 3.78. The van der Waals surface area contributed by atoms with Gasteiger partial charge >= 0.3 is 5.97 Å². The molecular formula is C28H27FN2O4S. The van der Waals surface area contributed by atoms with Crippen LogP contribution in [-0.4, -0.2) is 35.8 Å². The number of esters is 1. The fourth-order valence-electron chi connectivity index (χ4n) is 4.69. The Labute approximate surface area is 213 Å². The van der Waals surface area contributed by atoms with Crippen LogP contribution in [0.15, 0.2) is 60.9 Å². The Morgan fingerprint density at radius 2 is 1.92 bits per heavy atom. The molecule has 1 aromatic heterocycles. The molecule has 3 heterocycles. The molecule has 1 unspecified atom stereocenters. The van der Waals surface area contributed by atoms with Gasteiger partial charge in [-0.15, -0.1) is 11.8 Å². The molecule has 6 nitrogen and oxygen atoms in total. The fraction of sp³-hybridized carbons (Fsp3) is 0.321. The van der Waals surface area contributed by atoms with Crippen molar-refractivity contribution in [2.75, 3.05) is 23.9 Å². The van der Waals surface area contributed by atoms with Gasteiger partial charge in [-0.05, 0) is 85.2 Å². The third-order valence-corrected chi connectivity index (χ3v) is 7.77.